The first-order chi connectivity index (χ1) is 10.5. The predicted octanol–water partition coefficient (Wildman–Crippen LogP) is 4.33. The Morgan fingerprint density at radius 2 is 1.95 bits per heavy atom. The Morgan fingerprint density at radius 3 is 2.55 bits per heavy atom. The molecular formula is C15H12ClNO4S. The molecule has 5 nitrogen and oxygen atoms in total. The number of hydrogen-bond acceptors (Lipinski definition) is 5. The molecule has 0 aliphatic rings. The van der Waals surface area contributed by atoms with Gasteiger partial charge in [0.15, 0.2) is 0 Å². The Morgan fingerprint density at radius 1 is 1.27 bits per heavy atom. The standard InChI is InChI=1S/C15H12ClNO4S/c1-22-12-5-2-10(3-6-12)9-21-15(18)13-7-4-11(16)8-14(13)17(19)20/h2-8H,9H2,1H3. The Labute approximate surface area is 136 Å². The van der Waals surface area contributed by atoms with Gasteiger partial charge in [0.1, 0.15) is 12.2 Å². The van der Waals surface area contributed by atoms with Crippen LogP contribution in [0.1, 0.15) is 15.9 Å². The van der Waals surface area contributed by atoms with Gasteiger partial charge in [0.25, 0.3) is 5.69 Å². The number of rotatable bonds is 5. The highest BCUT2D eigenvalue weighted by atomic mass is 35.5. The molecule has 0 amide bonds. The molecule has 114 valence electrons. The minimum atomic E-state index is -0.752. The lowest BCUT2D eigenvalue weighted by Gasteiger charge is -2.06. The second-order valence-electron chi connectivity index (χ2n) is 4.34. The molecule has 0 N–H and O–H groups in total. The lowest BCUT2D eigenvalue weighted by Crippen LogP contribution is -2.08. The summed E-state index contributed by atoms with van der Waals surface area (Å²) in [6.45, 7) is 0.0489. The van der Waals surface area contributed by atoms with Crippen LogP contribution in [0.4, 0.5) is 5.69 Å². The zero-order valence-electron chi connectivity index (χ0n) is 11.6. The molecule has 0 aliphatic heterocycles. The maximum absolute atomic E-state index is 12.0. The molecule has 0 aliphatic carbocycles. The van der Waals surface area contributed by atoms with Gasteiger partial charge in [0.05, 0.1) is 4.92 Å². The first-order valence-corrected chi connectivity index (χ1v) is 7.85. The molecule has 0 heterocycles. The van der Waals surface area contributed by atoms with Gasteiger partial charge in [-0.15, -0.1) is 11.8 Å². The van der Waals surface area contributed by atoms with Gasteiger partial charge in [-0.05, 0) is 36.1 Å². The van der Waals surface area contributed by atoms with Crippen LogP contribution in [0, 0.1) is 10.1 Å². The predicted molar refractivity (Wildman–Crippen MR) is 85.4 cm³/mol. The Balaban J connectivity index is 2.10. The quantitative estimate of drug-likeness (QED) is 0.351. The number of nitrogens with zero attached hydrogens (tertiary/aromatic N) is 1. The summed E-state index contributed by atoms with van der Waals surface area (Å²) in [5.41, 5.74) is 0.327. The van der Waals surface area contributed by atoms with Gasteiger partial charge in [0.2, 0.25) is 0 Å². The van der Waals surface area contributed by atoms with Crippen LogP contribution in [0.2, 0.25) is 5.02 Å². The van der Waals surface area contributed by atoms with E-state index in [2.05, 4.69) is 0 Å². The summed E-state index contributed by atoms with van der Waals surface area (Å²) >= 11 is 7.32. The minimum Gasteiger partial charge on any atom is -0.457 e. The van der Waals surface area contributed by atoms with Crippen molar-refractivity contribution >= 4 is 35.0 Å². The summed E-state index contributed by atoms with van der Waals surface area (Å²) in [6, 6.07) is 11.4. The molecule has 0 spiro atoms. The van der Waals surface area contributed by atoms with Crippen molar-refractivity contribution < 1.29 is 14.5 Å². The van der Waals surface area contributed by atoms with E-state index >= 15 is 0 Å². The Hall–Kier alpha value is -2.05. The number of nitro groups is 1. The van der Waals surface area contributed by atoms with Gasteiger partial charge in [0, 0.05) is 16.0 Å². The highest BCUT2D eigenvalue weighted by Crippen LogP contribution is 2.24. The normalized spacial score (nSPS) is 10.3. The lowest BCUT2D eigenvalue weighted by molar-refractivity contribution is -0.385. The molecule has 0 aromatic heterocycles. The van der Waals surface area contributed by atoms with E-state index in [0.717, 1.165) is 16.5 Å². The summed E-state index contributed by atoms with van der Waals surface area (Å²) in [6.07, 6.45) is 1.97. The number of ether oxygens (including phenoxy) is 1. The maximum Gasteiger partial charge on any atom is 0.345 e. The van der Waals surface area contributed by atoms with E-state index in [9.17, 15) is 14.9 Å². The molecule has 0 atom stereocenters. The number of benzene rings is 2. The van der Waals surface area contributed by atoms with Gasteiger partial charge in [-0.25, -0.2) is 4.79 Å². The molecule has 0 saturated heterocycles. The van der Waals surface area contributed by atoms with Crippen molar-refractivity contribution in [3.05, 3.63) is 68.7 Å². The summed E-state index contributed by atoms with van der Waals surface area (Å²) in [5, 5.41) is 11.2. The van der Waals surface area contributed by atoms with Crippen molar-refractivity contribution in [2.24, 2.45) is 0 Å². The van der Waals surface area contributed by atoms with E-state index in [0.29, 0.717) is 0 Å². The van der Waals surface area contributed by atoms with E-state index in [-0.39, 0.29) is 22.9 Å². The summed E-state index contributed by atoms with van der Waals surface area (Å²) in [7, 11) is 0. The summed E-state index contributed by atoms with van der Waals surface area (Å²) in [4.78, 5) is 23.4. The maximum atomic E-state index is 12.0. The zero-order valence-corrected chi connectivity index (χ0v) is 13.2. The third-order valence-corrected chi connectivity index (χ3v) is 3.88. The van der Waals surface area contributed by atoms with Gasteiger partial charge in [-0.1, -0.05) is 23.7 Å². The van der Waals surface area contributed by atoms with Crippen molar-refractivity contribution in [2.45, 2.75) is 11.5 Å². The first-order valence-electron chi connectivity index (χ1n) is 6.25. The topological polar surface area (TPSA) is 69.4 Å². The van der Waals surface area contributed by atoms with Gasteiger partial charge in [-0.2, -0.15) is 0 Å². The summed E-state index contributed by atoms with van der Waals surface area (Å²) < 4.78 is 5.13. The molecule has 22 heavy (non-hydrogen) atoms. The molecule has 2 aromatic rings. The van der Waals surface area contributed by atoms with Crippen molar-refractivity contribution in [1.29, 1.82) is 0 Å². The van der Waals surface area contributed by atoms with E-state index in [4.69, 9.17) is 16.3 Å². The van der Waals surface area contributed by atoms with Gasteiger partial charge >= 0.3 is 5.97 Å². The van der Waals surface area contributed by atoms with E-state index in [1.165, 1.54) is 12.1 Å². The molecule has 7 heteroatoms. The molecule has 0 unspecified atom stereocenters. The SMILES string of the molecule is CSc1ccc(COC(=O)c2ccc(Cl)cc2[N+](=O)[O-])cc1. The molecule has 0 saturated carbocycles. The van der Waals surface area contributed by atoms with Crippen LogP contribution >= 0.6 is 23.4 Å². The Bertz CT molecular complexity index is 703. The average molecular weight is 338 g/mol. The fourth-order valence-electron chi connectivity index (χ4n) is 1.78. The number of esters is 1. The van der Waals surface area contributed by atoms with Crippen molar-refractivity contribution in [2.75, 3.05) is 6.26 Å². The number of hydrogen-bond donors (Lipinski definition) is 0. The highest BCUT2D eigenvalue weighted by Gasteiger charge is 2.21. The van der Waals surface area contributed by atoms with Crippen LogP contribution in [0.3, 0.4) is 0 Å². The first kappa shape index (κ1) is 16.3. The average Bonchev–Trinajstić information content (AvgIpc) is 2.53. The second-order valence-corrected chi connectivity index (χ2v) is 5.66. The number of carbonyl (C=O) groups excluding carboxylic acids is 1. The molecule has 0 bridgehead atoms. The van der Waals surface area contributed by atoms with Crippen LogP contribution in [0.5, 0.6) is 0 Å². The molecule has 0 radical (unpaired) electrons. The van der Waals surface area contributed by atoms with Crippen LogP contribution < -0.4 is 0 Å². The number of nitro benzene ring substituents is 1. The second kappa shape index (κ2) is 7.29. The number of halogens is 1. The molecular weight excluding hydrogens is 326 g/mol. The minimum absolute atomic E-state index is 0.0489. The van der Waals surface area contributed by atoms with Gasteiger partial charge < -0.3 is 4.74 Å². The fourth-order valence-corrected chi connectivity index (χ4v) is 2.35. The molecule has 2 aromatic carbocycles. The highest BCUT2D eigenvalue weighted by molar-refractivity contribution is 7.98. The zero-order chi connectivity index (χ0) is 16.1. The fraction of sp³-hybridized carbons (Fsp3) is 0.133. The van der Waals surface area contributed by atoms with Gasteiger partial charge in [-0.3, -0.25) is 10.1 Å². The number of thioether (sulfide) groups is 1. The van der Waals surface area contributed by atoms with Crippen molar-refractivity contribution in [3.63, 3.8) is 0 Å². The van der Waals surface area contributed by atoms with Crippen molar-refractivity contribution in [3.8, 4) is 0 Å². The van der Waals surface area contributed by atoms with Crippen LogP contribution in [0.15, 0.2) is 47.4 Å². The lowest BCUT2D eigenvalue weighted by atomic mass is 10.2. The summed E-state index contributed by atoms with van der Waals surface area (Å²) in [5.74, 6) is -0.752. The van der Waals surface area contributed by atoms with E-state index in [1.807, 2.05) is 30.5 Å². The van der Waals surface area contributed by atoms with E-state index < -0.39 is 10.9 Å². The number of carbonyl (C=O) groups is 1. The largest absolute Gasteiger partial charge is 0.457 e. The van der Waals surface area contributed by atoms with Crippen LogP contribution in [0.25, 0.3) is 0 Å². The Kier molecular flexibility index (Phi) is 5.41. The van der Waals surface area contributed by atoms with E-state index in [1.54, 1.807) is 11.8 Å². The third-order valence-electron chi connectivity index (χ3n) is 2.91. The molecule has 0 fully saturated rings. The van der Waals surface area contributed by atoms with Crippen LogP contribution in [-0.4, -0.2) is 17.1 Å². The van der Waals surface area contributed by atoms with Crippen LogP contribution in [-0.2, 0) is 11.3 Å². The third kappa shape index (κ3) is 3.99. The monoisotopic (exact) mass is 337 g/mol. The smallest absolute Gasteiger partial charge is 0.345 e. The molecule has 2 rings (SSSR count). The van der Waals surface area contributed by atoms with Crippen molar-refractivity contribution in [1.82, 2.24) is 0 Å².